The van der Waals surface area contributed by atoms with Crippen molar-refractivity contribution in [2.24, 2.45) is 0 Å². The number of benzene rings is 4. The molecule has 3 aliphatic rings. The highest BCUT2D eigenvalue weighted by molar-refractivity contribution is 7.86. The van der Waals surface area contributed by atoms with E-state index in [2.05, 4.69) is 91.3 Å². The number of aryl methyl sites for hydroxylation is 1. The van der Waals surface area contributed by atoms with Crippen LogP contribution in [-0.4, -0.2) is 143 Å². The summed E-state index contributed by atoms with van der Waals surface area (Å²) in [6.07, 6.45) is 20.0. The van der Waals surface area contributed by atoms with Crippen LogP contribution in [0.4, 0.5) is 16.2 Å². The molecule has 1 aliphatic carbocycles. The van der Waals surface area contributed by atoms with Crippen LogP contribution in [0.5, 0.6) is 5.75 Å². The summed E-state index contributed by atoms with van der Waals surface area (Å²) in [5.74, 6) is -0.471. The van der Waals surface area contributed by atoms with Crippen LogP contribution in [0.2, 0.25) is 0 Å². The first-order valence-electron chi connectivity index (χ1n) is 35.2. The van der Waals surface area contributed by atoms with Crippen molar-refractivity contribution in [3.63, 3.8) is 0 Å². The summed E-state index contributed by atoms with van der Waals surface area (Å²) in [6.45, 7) is 14.0. The van der Waals surface area contributed by atoms with E-state index in [0.717, 1.165) is 94.7 Å². The van der Waals surface area contributed by atoms with Crippen molar-refractivity contribution >= 4 is 97.3 Å². The quantitative estimate of drug-likeness (QED) is 0.00894. The first-order valence-corrected chi connectivity index (χ1v) is 40.9. The molecule has 0 fully saturated rings. The highest BCUT2D eigenvalue weighted by Crippen LogP contribution is 2.49. The number of nitrogens with zero attached hydrogens (tertiary/aromatic N) is 2. The summed E-state index contributed by atoms with van der Waals surface area (Å²) >= 11 is 0. The lowest BCUT2D eigenvalue weighted by molar-refractivity contribution is -0.438. The van der Waals surface area contributed by atoms with Crippen molar-refractivity contribution in [1.29, 1.82) is 0 Å². The smallest absolute Gasteiger partial charge is 0.425 e. The molecule has 28 nitrogen and oxygen atoms in total. The monoisotopic (exact) mass is 1560 g/mol. The number of ketones is 2. The molecule has 0 unspecified atom stereocenters. The number of anilines is 1. The maximum Gasteiger partial charge on any atom is 0.425 e. The lowest BCUT2D eigenvalue weighted by Gasteiger charge is -2.27. The zero-order valence-electron chi connectivity index (χ0n) is 61.0. The van der Waals surface area contributed by atoms with Gasteiger partial charge < -0.3 is 40.5 Å². The molecule has 2 aliphatic heterocycles. The molecule has 582 valence electrons. The molecule has 0 bridgehead atoms. The van der Waals surface area contributed by atoms with Gasteiger partial charge in [-0.3, -0.25) is 28.1 Å². The van der Waals surface area contributed by atoms with E-state index in [1.54, 1.807) is 24.3 Å². The molecule has 0 saturated carbocycles. The number of carbonyl (C=O) groups excluding carboxylic acids is 8. The summed E-state index contributed by atoms with van der Waals surface area (Å²) < 4.78 is 116. The number of carbonyl (C=O) groups is 5. The van der Waals surface area contributed by atoms with Crippen LogP contribution in [-0.2, 0) is 97.4 Å². The maximum atomic E-state index is 14.0. The number of rotatable bonds is 38. The molecule has 0 saturated heterocycles. The SMILES string of the molecule is CCCCC[N+]1=C(/C=C/C2=C(Oc3ccc(CCCC(=O)[C@@H](Cc4ccccc4)NC(=O)CCCCCCC(=O)CCCNC(=O)N[C@H](CCP(=O)(O)O)C(=O)O)cc3)C(=C/C=C3/N(CCCC)c4ccc(S(=O)(=O)O)cc4C3(C)C)/CCC2)C(C)(C)c2cc(S(=O)(=O)O)ccc21.O=C=O.O=C=O.O=S(=O)=O. The van der Waals surface area contributed by atoms with Gasteiger partial charge in [-0.25, -0.2) is 9.59 Å². The minimum atomic E-state index is -4.47. The van der Waals surface area contributed by atoms with Crippen molar-refractivity contribution in [2.45, 2.75) is 209 Å². The molecule has 3 amide bonds. The second kappa shape index (κ2) is 43.7. The molecule has 0 aromatic heterocycles. The third kappa shape index (κ3) is 29.6. The fraction of sp³-hybridized carbons (Fsp3) is 0.467. The molecule has 4 aromatic rings. The van der Waals surface area contributed by atoms with Crippen molar-refractivity contribution in [2.75, 3.05) is 30.7 Å². The molecule has 0 radical (unpaired) electrons. The Hall–Kier alpha value is -8.99. The Morgan fingerprint density at radius 2 is 1.28 bits per heavy atom. The molecule has 2 atom stereocenters. The van der Waals surface area contributed by atoms with Gasteiger partial charge in [-0.2, -0.15) is 40.6 Å². The van der Waals surface area contributed by atoms with E-state index < -0.39 is 85.9 Å². The Bertz CT molecular complexity index is 4380. The first-order chi connectivity index (χ1) is 50.5. The molecule has 32 heteroatoms. The van der Waals surface area contributed by atoms with Gasteiger partial charge in [0.05, 0.1) is 27.4 Å². The normalized spacial score (nSPS) is 15.6. The number of allylic oxidation sites excluding steroid dienone is 7. The predicted molar refractivity (Wildman–Crippen MR) is 395 cm³/mol. The number of ether oxygens (including phenoxy) is 1. The van der Waals surface area contributed by atoms with Crippen LogP contribution in [0.15, 0.2) is 148 Å². The molecular weight excluding hydrogens is 1470 g/mol. The zero-order valence-corrected chi connectivity index (χ0v) is 64.3. The average molecular weight is 1560 g/mol. The van der Waals surface area contributed by atoms with Gasteiger partial charge in [0.25, 0.3) is 20.2 Å². The number of unbranched alkanes of at least 4 members (excludes halogenated alkanes) is 6. The van der Waals surface area contributed by atoms with Gasteiger partial charge in [0, 0.05) is 79.7 Å². The van der Waals surface area contributed by atoms with E-state index in [1.165, 1.54) is 12.1 Å². The minimum Gasteiger partial charge on any atom is -0.480 e. The molecule has 7 rings (SSSR count). The van der Waals surface area contributed by atoms with Gasteiger partial charge in [0.15, 0.2) is 11.5 Å². The number of aliphatic carboxylic acids is 1. The van der Waals surface area contributed by atoms with Crippen molar-refractivity contribution in [3.05, 3.63) is 160 Å². The summed E-state index contributed by atoms with van der Waals surface area (Å²) in [4.78, 5) is 116. The Kier molecular flexibility index (Phi) is 36.9. The summed E-state index contributed by atoms with van der Waals surface area (Å²) in [7, 11) is -16.5. The second-order valence-corrected chi connectivity index (χ2v) is 31.9. The highest BCUT2D eigenvalue weighted by Gasteiger charge is 2.45. The number of Topliss-reactive ketones (excluding diaryl/α,β-unsaturated/α-hetero) is 2. The first kappa shape index (κ1) is 90.4. The second-order valence-electron chi connectivity index (χ2n) is 26.9. The third-order valence-corrected chi connectivity index (χ3v) is 20.8. The maximum absolute atomic E-state index is 14.0. The number of urea groups is 1. The lowest BCUT2D eigenvalue weighted by Crippen LogP contribution is -2.46. The van der Waals surface area contributed by atoms with Crippen LogP contribution < -0.4 is 25.6 Å². The zero-order chi connectivity index (χ0) is 79.7. The predicted octanol–water partition coefficient (Wildman–Crippen LogP) is 10.7. The molecule has 4 aromatic carbocycles. The number of hydrogen-bond acceptors (Lipinski definition) is 19. The van der Waals surface area contributed by atoms with Gasteiger partial charge in [-0.1, -0.05) is 102 Å². The number of amides is 3. The topological polar surface area (TPSA) is 443 Å². The van der Waals surface area contributed by atoms with Crippen LogP contribution in [0.25, 0.3) is 0 Å². The Morgan fingerprint density at radius 3 is 1.88 bits per heavy atom. The molecule has 2 heterocycles. The number of hydrogen-bond donors (Lipinski definition) is 8. The minimum absolute atomic E-state index is 0.00883. The number of fused-ring (bicyclic) bond motifs is 2. The van der Waals surface area contributed by atoms with E-state index in [9.17, 15) is 59.6 Å². The summed E-state index contributed by atoms with van der Waals surface area (Å²) in [6, 6.07) is 23.9. The number of carboxylic acids is 1. The van der Waals surface area contributed by atoms with Crippen LogP contribution >= 0.6 is 7.60 Å². The standard InChI is InChI=1S/C73H96N5O16PS2.2CO2.O3S/c1-7-9-18-46-78-64-40-38-58(97(91,92)93)50-60(64)73(5,6)67(78)42-34-54-26-20-25-53(33-41-66-72(3,4)59-49-57(96(88,89)90)37-39-63(59)77(66)45-10-8-2)69(54)94-56-35-31-51(32-36-56)24-19-29-65(80)62(48-52-22-14-13-15-23-52)75-68(81)30-17-12-11-16-27-55(79)28-21-44-74-71(84)76-61(70(82)83)43-47-95(85,86)87;2*2-1-3;1-4(2)3/h13-15,22-23,31-42,49-50,61-62H,7-12,16-21,24-30,43-48H2,1-6H3,(H7-,74,75,76,81,82,83,84,85,86,87,88,89,90,91,92,93);;;/p+1/t61-,62-;;;/m1.../s1. The van der Waals surface area contributed by atoms with Crippen molar-refractivity contribution in [3.8, 4) is 5.75 Å². The van der Waals surface area contributed by atoms with Gasteiger partial charge >= 0.3 is 42.5 Å². The van der Waals surface area contributed by atoms with E-state index in [4.69, 9.17) is 46.3 Å². The summed E-state index contributed by atoms with van der Waals surface area (Å²) in [5.41, 5.74) is 7.79. The largest absolute Gasteiger partial charge is 0.480 e. The number of carboxylic acid groups (broad SMARTS) is 1. The Balaban J connectivity index is 0.00000228. The molecular formula is C75H97N5O23PS3+. The van der Waals surface area contributed by atoms with Gasteiger partial charge in [0.2, 0.25) is 11.6 Å². The summed E-state index contributed by atoms with van der Waals surface area (Å²) in [5, 5.41) is 16.9. The third-order valence-electron chi connectivity index (χ3n) is 18.3. The molecule has 8 N–H and O–H groups in total. The van der Waals surface area contributed by atoms with Crippen LogP contribution in [0.3, 0.4) is 0 Å². The Morgan fingerprint density at radius 1 is 0.682 bits per heavy atom. The average Bonchev–Trinajstić information content (AvgIpc) is 1.59. The fourth-order valence-corrected chi connectivity index (χ4v) is 14.4. The van der Waals surface area contributed by atoms with Gasteiger partial charge in [-0.05, 0) is 173 Å². The Labute approximate surface area is 626 Å². The van der Waals surface area contributed by atoms with Gasteiger partial charge in [0.1, 0.15) is 29.9 Å². The van der Waals surface area contributed by atoms with E-state index >= 15 is 0 Å². The fourth-order valence-electron chi connectivity index (χ4n) is 12.8. The number of nitrogens with one attached hydrogen (secondary N) is 3. The molecule has 107 heavy (non-hydrogen) atoms. The lowest BCUT2D eigenvalue weighted by atomic mass is 9.81. The van der Waals surface area contributed by atoms with Crippen LogP contribution in [0, 0.1) is 0 Å². The highest BCUT2D eigenvalue weighted by atomic mass is 32.2. The van der Waals surface area contributed by atoms with Crippen LogP contribution in [0.1, 0.15) is 186 Å². The van der Waals surface area contributed by atoms with E-state index in [0.29, 0.717) is 95.2 Å². The van der Waals surface area contributed by atoms with E-state index in [-0.39, 0.29) is 65.4 Å². The van der Waals surface area contributed by atoms with E-state index in [1.807, 2.05) is 54.6 Å². The van der Waals surface area contributed by atoms with Gasteiger partial charge in [-0.15, -0.1) is 12.6 Å². The van der Waals surface area contributed by atoms with Crippen molar-refractivity contribution in [1.82, 2.24) is 16.0 Å². The van der Waals surface area contributed by atoms with Crippen molar-refractivity contribution < 1.29 is 110 Å². The molecule has 0 spiro atoms.